The van der Waals surface area contributed by atoms with E-state index in [9.17, 15) is 4.79 Å². The van der Waals surface area contributed by atoms with Gasteiger partial charge in [-0.2, -0.15) is 5.10 Å². The van der Waals surface area contributed by atoms with Crippen LogP contribution in [0, 0.1) is 0 Å². The zero-order valence-corrected chi connectivity index (χ0v) is 8.62. The molecule has 72 valence electrons. The number of carbonyl (C=O) groups excluding carboxylic acids is 1. The Labute approximate surface area is 86.0 Å². The summed E-state index contributed by atoms with van der Waals surface area (Å²) < 4.78 is 1.75. The summed E-state index contributed by atoms with van der Waals surface area (Å²) in [4.78, 5) is 12.6. The Hall–Kier alpha value is -1.42. The van der Waals surface area contributed by atoms with Crippen molar-refractivity contribution in [1.29, 1.82) is 0 Å². The van der Waals surface area contributed by atoms with Gasteiger partial charge in [0.25, 0.3) is 0 Å². The fraction of sp³-hybridized carbons (Fsp3) is 0.200. The van der Waals surface area contributed by atoms with E-state index in [4.69, 9.17) is 0 Å². The van der Waals surface area contributed by atoms with Crippen LogP contribution in [0.15, 0.2) is 29.9 Å². The first-order valence-electron chi connectivity index (χ1n) is 4.42. The van der Waals surface area contributed by atoms with Crippen LogP contribution in [-0.2, 0) is 6.54 Å². The zero-order valence-electron chi connectivity index (χ0n) is 7.80. The van der Waals surface area contributed by atoms with E-state index in [1.165, 1.54) is 11.3 Å². The number of ketones is 1. The first-order valence-corrected chi connectivity index (χ1v) is 5.30. The minimum atomic E-state index is 0.0553. The highest BCUT2D eigenvalue weighted by atomic mass is 32.1. The van der Waals surface area contributed by atoms with Crippen molar-refractivity contribution in [2.45, 2.75) is 13.5 Å². The summed E-state index contributed by atoms with van der Waals surface area (Å²) in [5, 5.41) is 5.97. The Morgan fingerprint density at radius 2 is 2.50 bits per heavy atom. The molecule has 0 aromatic carbocycles. The van der Waals surface area contributed by atoms with E-state index in [0.717, 1.165) is 11.4 Å². The quantitative estimate of drug-likeness (QED) is 0.721. The van der Waals surface area contributed by atoms with Gasteiger partial charge in [0.05, 0.1) is 16.6 Å². The minimum absolute atomic E-state index is 0.0553. The normalized spacial score (nSPS) is 10.4. The summed E-state index contributed by atoms with van der Waals surface area (Å²) in [5.74, 6) is 0.0553. The molecule has 0 fully saturated rings. The Morgan fingerprint density at radius 1 is 1.64 bits per heavy atom. The molecule has 14 heavy (non-hydrogen) atoms. The van der Waals surface area contributed by atoms with Gasteiger partial charge < -0.3 is 0 Å². The summed E-state index contributed by atoms with van der Waals surface area (Å²) in [7, 11) is 0. The van der Waals surface area contributed by atoms with Crippen LogP contribution >= 0.6 is 11.3 Å². The first-order chi connectivity index (χ1) is 6.81. The van der Waals surface area contributed by atoms with Crippen LogP contribution in [0.25, 0.3) is 0 Å². The molecule has 0 aliphatic carbocycles. The predicted molar refractivity (Wildman–Crippen MR) is 55.7 cm³/mol. The van der Waals surface area contributed by atoms with Crippen molar-refractivity contribution >= 4 is 17.1 Å². The van der Waals surface area contributed by atoms with Crippen LogP contribution in [0.1, 0.15) is 22.2 Å². The van der Waals surface area contributed by atoms with Gasteiger partial charge in [-0.15, -0.1) is 11.3 Å². The van der Waals surface area contributed by atoms with Gasteiger partial charge in [-0.25, -0.2) is 0 Å². The standard InChI is InChI=1S/C10H10N2OS/c1-2-12-7-8(6-11-12)10(13)9-4-3-5-14-9/h3-7H,2H2,1H3. The molecule has 2 heterocycles. The second-order valence-corrected chi connectivity index (χ2v) is 3.84. The molecule has 0 amide bonds. The minimum Gasteiger partial charge on any atom is -0.288 e. The lowest BCUT2D eigenvalue weighted by Gasteiger charge is -1.92. The van der Waals surface area contributed by atoms with Gasteiger partial charge in [0.1, 0.15) is 0 Å². The smallest absolute Gasteiger partial charge is 0.206 e. The molecule has 0 N–H and O–H groups in total. The van der Waals surface area contributed by atoms with E-state index in [0.29, 0.717) is 5.56 Å². The Morgan fingerprint density at radius 3 is 3.07 bits per heavy atom. The summed E-state index contributed by atoms with van der Waals surface area (Å²) in [6, 6.07) is 3.71. The molecule has 3 nitrogen and oxygen atoms in total. The van der Waals surface area contributed by atoms with Crippen molar-refractivity contribution in [3.8, 4) is 0 Å². The molecule has 0 aliphatic rings. The number of nitrogens with zero attached hydrogens (tertiary/aromatic N) is 2. The third-order valence-electron chi connectivity index (χ3n) is 1.96. The first kappa shape index (κ1) is 9.15. The third kappa shape index (κ3) is 1.61. The molecule has 0 saturated carbocycles. The van der Waals surface area contributed by atoms with Gasteiger partial charge in [0.15, 0.2) is 0 Å². The summed E-state index contributed by atoms with van der Waals surface area (Å²) >= 11 is 1.46. The highest BCUT2D eigenvalue weighted by molar-refractivity contribution is 7.12. The van der Waals surface area contributed by atoms with Gasteiger partial charge in [0, 0.05) is 12.7 Å². The average Bonchev–Trinajstić information content (AvgIpc) is 2.88. The SMILES string of the molecule is CCn1cc(C(=O)c2cccs2)cn1. The number of carbonyl (C=O) groups is 1. The van der Waals surface area contributed by atoms with Gasteiger partial charge in [-0.1, -0.05) is 6.07 Å². The van der Waals surface area contributed by atoms with Gasteiger partial charge in [-0.05, 0) is 18.4 Å². The van der Waals surface area contributed by atoms with Crippen LogP contribution < -0.4 is 0 Å². The summed E-state index contributed by atoms with van der Waals surface area (Å²) in [6.07, 6.45) is 3.40. The van der Waals surface area contributed by atoms with Crippen molar-refractivity contribution in [1.82, 2.24) is 9.78 Å². The topological polar surface area (TPSA) is 34.9 Å². The average molecular weight is 206 g/mol. The molecule has 0 bridgehead atoms. The van der Waals surface area contributed by atoms with E-state index in [1.807, 2.05) is 24.4 Å². The van der Waals surface area contributed by atoms with E-state index in [1.54, 1.807) is 17.1 Å². The fourth-order valence-corrected chi connectivity index (χ4v) is 1.89. The van der Waals surface area contributed by atoms with Crippen LogP contribution in [0.5, 0.6) is 0 Å². The fourth-order valence-electron chi connectivity index (χ4n) is 1.20. The zero-order chi connectivity index (χ0) is 9.97. The molecule has 0 radical (unpaired) electrons. The van der Waals surface area contributed by atoms with Crippen molar-refractivity contribution in [3.63, 3.8) is 0 Å². The Bertz CT molecular complexity index is 431. The number of aryl methyl sites for hydroxylation is 1. The molecule has 0 unspecified atom stereocenters. The maximum absolute atomic E-state index is 11.8. The summed E-state index contributed by atoms with van der Waals surface area (Å²) in [5.41, 5.74) is 0.661. The highest BCUT2D eigenvalue weighted by Crippen LogP contribution is 2.14. The number of hydrogen-bond donors (Lipinski definition) is 0. The number of thiophene rings is 1. The predicted octanol–water partition coefficient (Wildman–Crippen LogP) is 2.20. The number of aromatic nitrogens is 2. The second-order valence-electron chi connectivity index (χ2n) is 2.89. The molecular formula is C10H10N2OS. The molecule has 4 heteroatoms. The van der Waals surface area contributed by atoms with E-state index < -0.39 is 0 Å². The van der Waals surface area contributed by atoms with Gasteiger partial charge in [0.2, 0.25) is 5.78 Å². The molecule has 0 saturated heterocycles. The highest BCUT2D eigenvalue weighted by Gasteiger charge is 2.11. The van der Waals surface area contributed by atoms with Crippen LogP contribution in [0.3, 0.4) is 0 Å². The lowest BCUT2D eigenvalue weighted by molar-refractivity contribution is 0.104. The second kappa shape index (κ2) is 3.75. The maximum atomic E-state index is 11.8. The van der Waals surface area contributed by atoms with Crippen LogP contribution in [-0.4, -0.2) is 15.6 Å². The Kier molecular flexibility index (Phi) is 2.45. The number of hydrogen-bond acceptors (Lipinski definition) is 3. The van der Waals surface area contributed by atoms with Crippen molar-refractivity contribution in [3.05, 3.63) is 40.3 Å². The van der Waals surface area contributed by atoms with Crippen LogP contribution in [0.4, 0.5) is 0 Å². The summed E-state index contributed by atoms with van der Waals surface area (Å²) in [6.45, 7) is 2.78. The van der Waals surface area contributed by atoms with Gasteiger partial charge >= 0.3 is 0 Å². The molecular weight excluding hydrogens is 196 g/mol. The molecule has 2 rings (SSSR count). The monoisotopic (exact) mass is 206 g/mol. The van der Waals surface area contributed by atoms with E-state index in [2.05, 4.69) is 5.10 Å². The third-order valence-corrected chi connectivity index (χ3v) is 2.83. The molecule has 0 spiro atoms. The largest absolute Gasteiger partial charge is 0.288 e. The van der Waals surface area contributed by atoms with Crippen molar-refractivity contribution < 1.29 is 4.79 Å². The molecule has 2 aromatic heterocycles. The molecule has 0 atom stereocenters. The van der Waals surface area contributed by atoms with Crippen molar-refractivity contribution in [2.75, 3.05) is 0 Å². The Balaban J connectivity index is 2.28. The van der Waals surface area contributed by atoms with Crippen molar-refractivity contribution in [2.24, 2.45) is 0 Å². The molecule has 0 aliphatic heterocycles. The number of rotatable bonds is 3. The van der Waals surface area contributed by atoms with E-state index in [-0.39, 0.29) is 5.78 Å². The molecule has 2 aromatic rings. The maximum Gasteiger partial charge on any atom is 0.206 e. The van der Waals surface area contributed by atoms with E-state index >= 15 is 0 Å². The lowest BCUT2D eigenvalue weighted by atomic mass is 10.2. The van der Waals surface area contributed by atoms with Crippen LogP contribution in [0.2, 0.25) is 0 Å². The van der Waals surface area contributed by atoms with Gasteiger partial charge in [-0.3, -0.25) is 9.48 Å². The lowest BCUT2D eigenvalue weighted by Crippen LogP contribution is -1.97.